The molecule has 0 aliphatic rings. The summed E-state index contributed by atoms with van der Waals surface area (Å²) in [7, 11) is -4.21. The maximum Gasteiger partial charge on any atom is 0.289 e. The summed E-state index contributed by atoms with van der Waals surface area (Å²) in [5.74, 6) is -0.915. The smallest absolute Gasteiger partial charge is 0.279 e. The van der Waals surface area contributed by atoms with Gasteiger partial charge in [0.25, 0.3) is 15.7 Å². The Morgan fingerprint density at radius 3 is 2.55 bits per heavy atom. The van der Waals surface area contributed by atoms with Gasteiger partial charge in [-0.2, -0.15) is 0 Å². The average Bonchev–Trinajstić information content (AvgIpc) is 2.43. The first-order valence-electron chi connectivity index (χ1n) is 5.93. The molecular weight excluding hydrogens is 335 g/mol. The molecule has 0 spiro atoms. The van der Waals surface area contributed by atoms with E-state index in [0.29, 0.717) is 5.56 Å². The highest BCUT2D eigenvalue weighted by atomic mass is 35.5. The highest BCUT2D eigenvalue weighted by Crippen LogP contribution is 2.29. The van der Waals surface area contributed by atoms with Crippen LogP contribution in [0.4, 0.5) is 15.8 Å². The van der Waals surface area contributed by atoms with Crippen molar-refractivity contribution in [2.45, 2.75) is 11.8 Å². The van der Waals surface area contributed by atoms with E-state index in [9.17, 15) is 22.9 Å². The highest BCUT2D eigenvalue weighted by Gasteiger charge is 2.21. The van der Waals surface area contributed by atoms with Crippen LogP contribution in [0, 0.1) is 22.9 Å². The number of nitro groups is 1. The molecule has 0 aliphatic heterocycles. The van der Waals surface area contributed by atoms with Crippen molar-refractivity contribution in [3.63, 3.8) is 0 Å². The Bertz CT molecular complexity index is 855. The third-order valence-electron chi connectivity index (χ3n) is 2.77. The first kappa shape index (κ1) is 16.2. The summed E-state index contributed by atoms with van der Waals surface area (Å²) >= 11 is 5.65. The maximum atomic E-state index is 13.7. The number of sulfonamides is 1. The summed E-state index contributed by atoms with van der Waals surface area (Å²) in [4.78, 5) is 9.51. The van der Waals surface area contributed by atoms with Crippen molar-refractivity contribution >= 4 is 33.0 Å². The fourth-order valence-electron chi connectivity index (χ4n) is 1.74. The molecule has 2 rings (SSSR count). The zero-order valence-corrected chi connectivity index (χ0v) is 12.8. The van der Waals surface area contributed by atoms with Crippen molar-refractivity contribution < 1.29 is 17.7 Å². The second-order valence-corrected chi connectivity index (χ2v) is 6.52. The van der Waals surface area contributed by atoms with Crippen LogP contribution >= 0.6 is 11.6 Å². The standard InChI is InChI=1S/C13H10ClFN2O4S/c1-8-2-5-11(15)13(6-8)22(20,21)16-9-3-4-10(14)12(7-9)17(18)19/h2-7,16H,1H3. The zero-order chi connectivity index (χ0) is 16.5. The number of benzene rings is 2. The van der Waals surface area contributed by atoms with Gasteiger partial charge >= 0.3 is 0 Å². The topological polar surface area (TPSA) is 89.3 Å². The molecule has 116 valence electrons. The van der Waals surface area contributed by atoms with Crippen LogP contribution in [0.15, 0.2) is 41.3 Å². The molecule has 0 amide bonds. The third-order valence-corrected chi connectivity index (χ3v) is 4.49. The van der Waals surface area contributed by atoms with Crippen LogP contribution < -0.4 is 4.72 Å². The molecular formula is C13H10ClFN2O4S. The van der Waals surface area contributed by atoms with Gasteiger partial charge in [0.2, 0.25) is 0 Å². The van der Waals surface area contributed by atoms with Crippen LogP contribution in [-0.4, -0.2) is 13.3 Å². The Kier molecular flexibility index (Phi) is 4.34. The van der Waals surface area contributed by atoms with Gasteiger partial charge in [0, 0.05) is 6.07 Å². The number of anilines is 1. The molecule has 6 nitrogen and oxygen atoms in total. The van der Waals surface area contributed by atoms with Gasteiger partial charge in [-0.1, -0.05) is 17.7 Å². The van der Waals surface area contributed by atoms with Crippen molar-refractivity contribution in [2.24, 2.45) is 0 Å². The van der Waals surface area contributed by atoms with Crippen molar-refractivity contribution in [1.82, 2.24) is 0 Å². The van der Waals surface area contributed by atoms with Crippen LogP contribution in [0.3, 0.4) is 0 Å². The monoisotopic (exact) mass is 344 g/mol. The van der Waals surface area contributed by atoms with Crippen LogP contribution in [0.2, 0.25) is 5.02 Å². The van der Waals surface area contributed by atoms with Gasteiger partial charge in [0.05, 0.1) is 10.6 Å². The molecule has 0 saturated carbocycles. The number of nitro benzene ring substituents is 1. The predicted molar refractivity (Wildman–Crippen MR) is 80.1 cm³/mol. The molecule has 22 heavy (non-hydrogen) atoms. The predicted octanol–water partition coefficient (Wildman–Crippen LogP) is 3.50. The van der Waals surface area contributed by atoms with E-state index in [4.69, 9.17) is 11.6 Å². The van der Waals surface area contributed by atoms with Crippen LogP contribution in [0.25, 0.3) is 0 Å². The van der Waals surface area contributed by atoms with Gasteiger partial charge in [0.1, 0.15) is 15.7 Å². The van der Waals surface area contributed by atoms with Crippen molar-refractivity contribution in [2.75, 3.05) is 4.72 Å². The molecule has 0 unspecified atom stereocenters. The van der Waals surface area contributed by atoms with Gasteiger partial charge in [-0.15, -0.1) is 0 Å². The second kappa shape index (κ2) is 5.90. The van der Waals surface area contributed by atoms with E-state index in [1.807, 2.05) is 0 Å². The van der Waals surface area contributed by atoms with Gasteiger partial charge in [-0.05, 0) is 36.8 Å². The van der Waals surface area contributed by atoms with E-state index in [1.165, 1.54) is 24.3 Å². The molecule has 0 aliphatic carbocycles. The summed E-state index contributed by atoms with van der Waals surface area (Å²) in [6.07, 6.45) is 0. The Labute approximate surface area is 130 Å². The number of hydrogen-bond acceptors (Lipinski definition) is 4. The lowest BCUT2D eigenvalue weighted by Crippen LogP contribution is -2.15. The maximum absolute atomic E-state index is 13.7. The minimum Gasteiger partial charge on any atom is -0.279 e. The summed E-state index contributed by atoms with van der Waals surface area (Å²) in [6, 6.07) is 7.04. The lowest BCUT2D eigenvalue weighted by Gasteiger charge is -2.09. The van der Waals surface area contributed by atoms with E-state index < -0.39 is 31.3 Å². The average molecular weight is 345 g/mol. The molecule has 2 aromatic carbocycles. The summed E-state index contributed by atoms with van der Waals surface area (Å²) < 4.78 is 40.2. The van der Waals surface area contributed by atoms with Crippen LogP contribution in [-0.2, 0) is 10.0 Å². The van der Waals surface area contributed by atoms with Crippen LogP contribution in [0.5, 0.6) is 0 Å². The number of hydrogen-bond donors (Lipinski definition) is 1. The van der Waals surface area contributed by atoms with E-state index >= 15 is 0 Å². The largest absolute Gasteiger partial charge is 0.289 e. The van der Waals surface area contributed by atoms with Gasteiger partial charge in [-0.25, -0.2) is 12.8 Å². The van der Waals surface area contributed by atoms with Crippen molar-refractivity contribution in [3.05, 3.63) is 62.9 Å². The molecule has 2 aromatic rings. The van der Waals surface area contributed by atoms with Crippen molar-refractivity contribution in [1.29, 1.82) is 0 Å². The Balaban J connectivity index is 2.43. The quantitative estimate of drug-likeness (QED) is 0.679. The minimum atomic E-state index is -4.21. The number of aryl methyl sites for hydroxylation is 1. The number of rotatable bonds is 4. The second-order valence-electron chi connectivity index (χ2n) is 4.46. The molecule has 0 atom stereocenters. The molecule has 0 aromatic heterocycles. The van der Waals surface area contributed by atoms with E-state index in [2.05, 4.69) is 4.72 Å². The molecule has 0 heterocycles. The molecule has 0 bridgehead atoms. The number of halogens is 2. The SMILES string of the molecule is Cc1ccc(F)c(S(=O)(=O)Nc2ccc(Cl)c([N+](=O)[O-])c2)c1. The lowest BCUT2D eigenvalue weighted by molar-refractivity contribution is -0.384. The van der Waals surface area contributed by atoms with Gasteiger partial charge in [0.15, 0.2) is 0 Å². The molecule has 0 fully saturated rings. The van der Waals surface area contributed by atoms with E-state index in [0.717, 1.165) is 12.1 Å². The van der Waals surface area contributed by atoms with Gasteiger partial charge in [-0.3, -0.25) is 14.8 Å². The summed E-state index contributed by atoms with van der Waals surface area (Å²) in [5, 5.41) is 10.7. The number of nitrogens with zero attached hydrogens (tertiary/aromatic N) is 1. The van der Waals surface area contributed by atoms with Gasteiger partial charge < -0.3 is 0 Å². The highest BCUT2D eigenvalue weighted by molar-refractivity contribution is 7.92. The molecule has 0 radical (unpaired) electrons. The third kappa shape index (κ3) is 3.34. The first-order chi connectivity index (χ1) is 10.2. The normalized spacial score (nSPS) is 11.2. The fraction of sp³-hybridized carbons (Fsp3) is 0.0769. The summed E-state index contributed by atoms with van der Waals surface area (Å²) in [6.45, 7) is 1.62. The van der Waals surface area contributed by atoms with E-state index in [-0.39, 0.29) is 10.7 Å². The van der Waals surface area contributed by atoms with E-state index in [1.54, 1.807) is 6.92 Å². The van der Waals surface area contributed by atoms with Crippen molar-refractivity contribution in [3.8, 4) is 0 Å². The fourth-order valence-corrected chi connectivity index (χ4v) is 3.14. The number of nitrogens with one attached hydrogen (secondary N) is 1. The minimum absolute atomic E-state index is 0.0861. The first-order valence-corrected chi connectivity index (χ1v) is 7.80. The zero-order valence-electron chi connectivity index (χ0n) is 11.2. The molecule has 9 heteroatoms. The summed E-state index contributed by atoms with van der Waals surface area (Å²) in [5.41, 5.74) is 0.0208. The Morgan fingerprint density at radius 1 is 1.23 bits per heavy atom. The lowest BCUT2D eigenvalue weighted by atomic mass is 10.2. The molecule has 1 N–H and O–H groups in total. The Hall–Kier alpha value is -2.19. The Morgan fingerprint density at radius 2 is 1.91 bits per heavy atom. The van der Waals surface area contributed by atoms with Crippen LogP contribution in [0.1, 0.15) is 5.56 Å². The molecule has 0 saturated heterocycles.